The predicted octanol–water partition coefficient (Wildman–Crippen LogP) is 3.98. The van der Waals surface area contributed by atoms with Gasteiger partial charge in [-0.15, -0.1) is 0 Å². The van der Waals surface area contributed by atoms with Crippen LogP contribution in [0, 0.1) is 17.8 Å². The largest absolute Gasteiger partial charge is 0.226 e. The van der Waals surface area contributed by atoms with E-state index >= 15 is 0 Å². The molecular formula is C10H18ClF. The van der Waals surface area contributed by atoms with Gasteiger partial charge in [-0.1, -0.05) is 38.8 Å². The lowest BCUT2D eigenvalue weighted by molar-refractivity contribution is 0.0636. The topological polar surface area (TPSA) is 0 Å². The van der Waals surface area contributed by atoms with E-state index < -0.39 is 5.13 Å². The highest BCUT2D eigenvalue weighted by molar-refractivity contribution is 6.23. The Bertz CT molecular complexity index is 154. The average Bonchev–Trinajstić information content (AvgIpc) is 1.82. The van der Waals surface area contributed by atoms with Gasteiger partial charge in [-0.2, -0.15) is 0 Å². The lowest BCUT2D eigenvalue weighted by Gasteiger charge is -2.38. The van der Waals surface area contributed by atoms with Crippen molar-refractivity contribution < 1.29 is 4.39 Å². The summed E-state index contributed by atoms with van der Waals surface area (Å²) in [7, 11) is 0. The Labute approximate surface area is 79.5 Å². The first-order valence-electron chi connectivity index (χ1n) is 4.81. The van der Waals surface area contributed by atoms with Crippen molar-refractivity contribution in [2.45, 2.75) is 45.2 Å². The summed E-state index contributed by atoms with van der Waals surface area (Å²) >= 11 is 5.86. The first kappa shape index (κ1) is 10.3. The van der Waals surface area contributed by atoms with Gasteiger partial charge in [0.05, 0.1) is 0 Å². The SMILES string of the molecule is CC1CCC(C(C)C)C(F)(Cl)C1. The molecule has 12 heavy (non-hydrogen) atoms. The van der Waals surface area contributed by atoms with Crippen molar-refractivity contribution in [3.05, 3.63) is 0 Å². The molecule has 0 spiro atoms. The highest BCUT2D eigenvalue weighted by Gasteiger charge is 2.42. The molecule has 0 aromatic rings. The molecule has 0 nitrogen and oxygen atoms in total. The zero-order valence-electron chi connectivity index (χ0n) is 8.11. The summed E-state index contributed by atoms with van der Waals surface area (Å²) < 4.78 is 13.8. The van der Waals surface area contributed by atoms with Crippen molar-refractivity contribution in [1.82, 2.24) is 0 Å². The molecule has 72 valence electrons. The third-order valence-corrected chi connectivity index (χ3v) is 3.37. The average molecular weight is 193 g/mol. The number of alkyl halides is 2. The predicted molar refractivity (Wildman–Crippen MR) is 51.0 cm³/mol. The van der Waals surface area contributed by atoms with E-state index in [0.717, 1.165) is 12.8 Å². The van der Waals surface area contributed by atoms with Gasteiger partial charge >= 0.3 is 0 Å². The van der Waals surface area contributed by atoms with Gasteiger partial charge in [-0.3, -0.25) is 0 Å². The lowest BCUT2D eigenvalue weighted by atomic mass is 9.76. The summed E-state index contributed by atoms with van der Waals surface area (Å²) in [6.45, 7) is 6.18. The third kappa shape index (κ3) is 2.12. The van der Waals surface area contributed by atoms with Gasteiger partial charge in [0.15, 0.2) is 5.13 Å². The van der Waals surface area contributed by atoms with Crippen LogP contribution >= 0.6 is 11.6 Å². The monoisotopic (exact) mass is 192 g/mol. The van der Waals surface area contributed by atoms with Crippen molar-refractivity contribution in [1.29, 1.82) is 0 Å². The summed E-state index contributed by atoms with van der Waals surface area (Å²) in [4.78, 5) is 0. The second-order valence-electron chi connectivity index (χ2n) is 4.50. The maximum Gasteiger partial charge on any atom is 0.186 e. The van der Waals surface area contributed by atoms with Gasteiger partial charge in [0.1, 0.15) is 0 Å². The van der Waals surface area contributed by atoms with Gasteiger partial charge in [-0.05, 0) is 24.7 Å². The Morgan fingerprint density at radius 1 is 1.42 bits per heavy atom. The first-order valence-corrected chi connectivity index (χ1v) is 5.19. The number of hydrogen-bond donors (Lipinski definition) is 0. The van der Waals surface area contributed by atoms with Crippen molar-refractivity contribution in [3.8, 4) is 0 Å². The number of halogens is 2. The zero-order valence-corrected chi connectivity index (χ0v) is 8.87. The van der Waals surface area contributed by atoms with Gasteiger partial charge in [0, 0.05) is 5.92 Å². The molecule has 1 aliphatic carbocycles. The fraction of sp³-hybridized carbons (Fsp3) is 1.00. The summed E-state index contributed by atoms with van der Waals surface area (Å²) in [6.07, 6.45) is 2.59. The Morgan fingerprint density at radius 2 is 2.00 bits per heavy atom. The van der Waals surface area contributed by atoms with Crippen LogP contribution in [0.5, 0.6) is 0 Å². The van der Waals surface area contributed by atoms with Crippen LogP contribution in [0.25, 0.3) is 0 Å². The molecule has 0 aliphatic heterocycles. The molecule has 0 radical (unpaired) electrons. The molecule has 2 heteroatoms. The van der Waals surface area contributed by atoms with Gasteiger partial charge in [0.2, 0.25) is 0 Å². The molecular weight excluding hydrogens is 175 g/mol. The van der Waals surface area contributed by atoms with E-state index in [0.29, 0.717) is 18.3 Å². The molecule has 0 N–H and O–H groups in total. The van der Waals surface area contributed by atoms with Gasteiger partial charge in [0.25, 0.3) is 0 Å². The second kappa shape index (κ2) is 3.53. The van der Waals surface area contributed by atoms with Crippen molar-refractivity contribution in [3.63, 3.8) is 0 Å². The molecule has 1 rings (SSSR count). The Hall–Kier alpha value is 0.220. The maximum absolute atomic E-state index is 13.8. The van der Waals surface area contributed by atoms with E-state index in [-0.39, 0.29) is 5.92 Å². The molecule has 1 saturated carbocycles. The Morgan fingerprint density at radius 3 is 2.42 bits per heavy atom. The normalized spacial score (nSPS) is 43.5. The van der Waals surface area contributed by atoms with E-state index in [9.17, 15) is 4.39 Å². The Kier molecular flexibility index (Phi) is 3.03. The van der Waals surface area contributed by atoms with E-state index in [2.05, 4.69) is 20.8 Å². The molecule has 1 fully saturated rings. The number of hydrogen-bond acceptors (Lipinski definition) is 0. The van der Waals surface area contributed by atoms with Crippen LogP contribution < -0.4 is 0 Å². The van der Waals surface area contributed by atoms with Crippen molar-refractivity contribution >= 4 is 11.6 Å². The highest BCUT2D eigenvalue weighted by Crippen LogP contribution is 2.46. The third-order valence-electron chi connectivity index (χ3n) is 2.94. The lowest BCUT2D eigenvalue weighted by Crippen LogP contribution is -2.37. The summed E-state index contributed by atoms with van der Waals surface area (Å²) in [5.41, 5.74) is 0. The molecule has 1 aliphatic rings. The summed E-state index contributed by atoms with van der Waals surface area (Å²) in [5, 5.41) is -1.44. The fourth-order valence-electron chi connectivity index (χ4n) is 2.21. The standard InChI is InChI=1S/C10H18ClF/c1-7(2)9-5-4-8(3)6-10(9,11)12/h7-9H,4-6H2,1-3H3. The molecule has 0 amide bonds. The van der Waals surface area contributed by atoms with Crippen LogP contribution in [0.15, 0.2) is 0 Å². The zero-order chi connectivity index (χ0) is 9.35. The summed E-state index contributed by atoms with van der Waals surface area (Å²) in [6, 6.07) is 0. The van der Waals surface area contributed by atoms with Crippen LogP contribution in [0.4, 0.5) is 4.39 Å². The van der Waals surface area contributed by atoms with E-state index in [1.165, 1.54) is 0 Å². The summed E-state index contributed by atoms with van der Waals surface area (Å²) in [5.74, 6) is 0.859. The highest BCUT2D eigenvalue weighted by atomic mass is 35.5. The smallest absolute Gasteiger partial charge is 0.186 e. The Balaban J connectivity index is 2.64. The molecule has 3 atom stereocenters. The van der Waals surface area contributed by atoms with Crippen LogP contribution in [-0.2, 0) is 0 Å². The minimum Gasteiger partial charge on any atom is -0.226 e. The minimum atomic E-state index is -1.44. The molecule has 0 aromatic heterocycles. The van der Waals surface area contributed by atoms with Crippen molar-refractivity contribution in [2.24, 2.45) is 17.8 Å². The second-order valence-corrected chi connectivity index (χ2v) is 5.13. The van der Waals surface area contributed by atoms with E-state index in [1.54, 1.807) is 0 Å². The van der Waals surface area contributed by atoms with Crippen LogP contribution in [0.1, 0.15) is 40.0 Å². The maximum atomic E-state index is 13.8. The van der Waals surface area contributed by atoms with Gasteiger partial charge in [-0.25, -0.2) is 4.39 Å². The van der Waals surface area contributed by atoms with Crippen LogP contribution in [0.3, 0.4) is 0 Å². The molecule has 0 heterocycles. The molecule has 3 unspecified atom stereocenters. The quantitative estimate of drug-likeness (QED) is 0.552. The first-order chi connectivity index (χ1) is 5.43. The van der Waals surface area contributed by atoms with E-state index in [1.807, 2.05) is 0 Å². The molecule has 0 saturated heterocycles. The van der Waals surface area contributed by atoms with Crippen LogP contribution in [0.2, 0.25) is 0 Å². The van der Waals surface area contributed by atoms with Gasteiger partial charge < -0.3 is 0 Å². The fourth-order valence-corrected chi connectivity index (χ4v) is 2.84. The van der Waals surface area contributed by atoms with E-state index in [4.69, 9.17) is 11.6 Å². The molecule has 0 bridgehead atoms. The number of rotatable bonds is 1. The van der Waals surface area contributed by atoms with Crippen molar-refractivity contribution in [2.75, 3.05) is 0 Å². The molecule has 0 aromatic carbocycles. The minimum absolute atomic E-state index is 0.0513. The van der Waals surface area contributed by atoms with Crippen LogP contribution in [-0.4, -0.2) is 5.13 Å².